The van der Waals surface area contributed by atoms with Gasteiger partial charge in [0.15, 0.2) is 5.60 Å². The van der Waals surface area contributed by atoms with Gasteiger partial charge in [0.25, 0.3) is 5.91 Å². The zero-order chi connectivity index (χ0) is 19.4. The second-order valence-electron chi connectivity index (χ2n) is 7.28. The van der Waals surface area contributed by atoms with E-state index in [1.807, 2.05) is 84.9 Å². The smallest absolute Gasteiger partial charge is 0.272 e. The summed E-state index contributed by atoms with van der Waals surface area (Å²) in [7, 11) is 0. The van der Waals surface area contributed by atoms with Crippen molar-refractivity contribution in [3.63, 3.8) is 0 Å². The second-order valence-corrected chi connectivity index (χ2v) is 7.28. The summed E-state index contributed by atoms with van der Waals surface area (Å²) in [5, 5.41) is 0. The Morgan fingerprint density at radius 3 is 1.89 bits per heavy atom. The van der Waals surface area contributed by atoms with E-state index in [-0.39, 0.29) is 11.8 Å². The van der Waals surface area contributed by atoms with Gasteiger partial charge in [-0.15, -0.1) is 0 Å². The summed E-state index contributed by atoms with van der Waals surface area (Å²) in [6.07, 6.45) is 0. The van der Waals surface area contributed by atoms with Crippen LogP contribution in [0.25, 0.3) is 0 Å². The highest BCUT2D eigenvalue weighted by Crippen LogP contribution is 2.62. The van der Waals surface area contributed by atoms with Crippen LogP contribution in [0.4, 0.5) is 5.69 Å². The van der Waals surface area contributed by atoms with Gasteiger partial charge in [0.1, 0.15) is 0 Å². The number of fused-ring (bicyclic) bond motifs is 2. The average Bonchev–Trinajstić information content (AvgIpc) is 2.99. The maximum absolute atomic E-state index is 13.8. The molecule has 2 heterocycles. The highest BCUT2D eigenvalue weighted by atomic mass is 16.5. The number of hydrogen-bond donors (Lipinski definition) is 0. The molecule has 0 N–H and O–H groups in total. The van der Waals surface area contributed by atoms with Gasteiger partial charge in [-0.1, -0.05) is 78.9 Å². The fraction of sp³-hybridized carbons (Fsp3) is 0.167. The van der Waals surface area contributed by atoms with Crippen LogP contribution in [0.2, 0.25) is 0 Å². The van der Waals surface area contributed by atoms with Crippen molar-refractivity contribution >= 4 is 17.5 Å². The zero-order valence-electron chi connectivity index (χ0n) is 15.5. The van der Waals surface area contributed by atoms with Gasteiger partial charge in [-0.2, -0.15) is 0 Å². The van der Waals surface area contributed by atoms with Gasteiger partial charge in [-0.05, 0) is 17.2 Å². The van der Waals surface area contributed by atoms with Crippen molar-refractivity contribution in [3.05, 3.63) is 102 Å². The summed E-state index contributed by atoms with van der Waals surface area (Å²) < 4.78 is 6.18. The lowest BCUT2D eigenvalue weighted by Crippen LogP contribution is -2.68. The predicted octanol–water partition coefficient (Wildman–Crippen LogP) is 3.79. The number of para-hydroxylation sites is 1. The molecule has 0 bridgehead atoms. The molecule has 3 aromatic carbocycles. The Morgan fingerprint density at radius 2 is 1.39 bits per heavy atom. The number of ether oxygens (including phenoxy) is 1. The Hall–Kier alpha value is -3.24. The van der Waals surface area contributed by atoms with Gasteiger partial charge in [-0.3, -0.25) is 9.59 Å². The van der Waals surface area contributed by atoms with E-state index in [1.54, 1.807) is 0 Å². The first-order chi connectivity index (χ1) is 13.6. The van der Waals surface area contributed by atoms with Crippen LogP contribution in [0, 0.1) is 0 Å². The Kier molecular flexibility index (Phi) is 3.55. The lowest BCUT2D eigenvalue weighted by Gasteiger charge is -2.56. The van der Waals surface area contributed by atoms with Gasteiger partial charge >= 0.3 is 0 Å². The Labute approximate surface area is 163 Å². The van der Waals surface area contributed by atoms with Crippen LogP contribution >= 0.6 is 0 Å². The molecule has 2 aliphatic rings. The van der Waals surface area contributed by atoms with Crippen LogP contribution in [-0.4, -0.2) is 18.4 Å². The van der Waals surface area contributed by atoms with Gasteiger partial charge in [0.2, 0.25) is 5.91 Å². The number of rotatable bonds is 2. The third-order valence-electron chi connectivity index (χ3n) is 5.98. The topological polar surface area (TPSA) is 46.6 Å². The minimum Gasteiger partial charge on any atom is -0.357 e. The first-order valence-corrected chi connectivity index (χ1v) is 9.32. The summed E-state index contributed by atoms with van der Waals surface area (Å²) in [6, 6.07) is 27.4. The second kappa shape index (κ2) is 5.88. The maximum Gasteiger partial charge on any atom is 0.272 e. The van der Waals surface area contributed by atoms with E-state index < -0.39 is 11.0 Å². The molecule has 0 saturated carbocycles. The Morgan fingerprint density at radius 1 is 0.857 bits per heavy atom. The van der Waals surface area contributed by atoms with Crippen LogP contribution in [0.15, 0.2) is 84.9 Å². The Bertz CT molecular complexity index is 1040. The summed E-state index contributed by atoms with van der Waals surface area (Å²) in [5.74, 6) is -0.625. The molecule has 3 aromatic rings. The van der Waals surface area contributed by atoms with Gasteiger partial charge < -0.3 is 4.74 Å². The minimum atomic E-state index is -1.25. The highest BCUT2D eigenvalue weighted by molar-refractivity contribution is 6.23. The first kappa shape index (κ1) is 16.9. The van der Waals surface area contributed by atoms with Crippen molar-refractivity contribution in [1.82, 2.24) is 0 Å². The fourth-order valence-electron chi connectivity index (χ4n) is 4.76. The van der Waals surface area contributed by atoms with Crippen LogP contribution in [-0.2, 0) is 25.3 Å². The molecule has 0 radical (unpaired) electrons. The molecule has 2 amide bonds. The van der Waals surface area contributed by atoms with E-state index in [1.165, 1.54) is 11.8 Å². The van der Waals surface area contributed by atoms with Gasteiger partial charge in [0, 0.05) is 12.5 Å². The number of amides is 2. The van der Waals surface area contributed by atoms with Crippen LogP contribution in [0.3, 0.4) is 0 Å². The molecule has 0 unspecified atom stereocenters. The summed E-state index contributed by atoms with van der Waals surface area (Å²) in [5.41, 5.74) is 1.40. The zero-order valence-corrected chi connectivity index (χ0v) is 15.5. The predicted molar refractivity (Wildman–Crippen MR) is 106 cm³/mol. The highest BCUT2D eigenvalue weighted by Gasteiger charge is 2.72. The molecule has 0 aromatic heterocycles. The molecule has 1 atom stereocenters. The number of imide groups is 1. The van der Waals surface area contributed by atoms with E-state index in [0.717, 1.165) is 16.7 Å². The van der Waals surface area contributed by atoms with Crippen LogP contribution in [0.5, 0.6) is 0 Å². The van der Waals surface area contributed by atoms with Crippen molar-refractivity contribution < 1.29 is 14.3 Å². The molecule has 138 valence electrons. The normalized spacial score (nSPS) is 22.0. The molecular weight excluding hydrogens is 350 g/mol. The van der Waals surface area contributed by atoms with Crippen LogP contribution in [0.1, 0.15) is 23.6 Å². The number of benzene rings is 3. The third kappa shape index (κ3) is 1.88. The molecule has 4 heteroatoms. The summed E-state index contributed by atoms with van der Waals surface area (Å²) in [6.45, 7) is 1.78. The maximum atomic E-state index is 13.8. The molecule has 5 rings (SSSR count). The van der Waals surface area contributed by atoms with Crippen LogP contribution < -0.4 is 4.90 Å². The monoisotopic (exact) mass is 369 g/mol. The van der Waals surface area contributed by atoms with E-state index in [9.17, 15) is 9.59 Å². The van der Waals surface area contributed by atoms with Gasteiger partial charge in [0.05, 0.1) is 17.7 Å². The lowest BCUT2D eigenvalue weighted by molar-refractivity contribution is -0.211. The van der Waals surface area contributed by atoms with E-state index in [0.29, 0.717) is 12.3 Å². The first-order valence-electron chi connectivity index (χ1n) is 9.32. The number of carbonyl (C=O) groups is 2. The summed E-state index contributed by atoms with van der Waals surface area (Å²) in [4.78, 5) is 27.4. The fourth-order valence-corrected chi connectivity index (χ4v) is 4.76. The molecule has 1 saturated heterocycles. The van der Waals surface area contributed by atoms with E-state index >= 15 is 0 Å². The SMILES string of the molecule is CC(=O)N1C(=O)[C@]2(OCC2(c2ccccc2)c2ccccc2)c2ccccc21. The van der Waals surface area contributed by atoms with E-state index in [2.05, 4.69) is 0 Å². The molecule has 1 spiro atoms. The third-order valence-corrected chi connectivity index (χ3v) is 5.98. The number of carbonyl (C=O) groups excluding carboxylic acids is 2. The van der Waals surface area contributed by atoms with Crippen molar-refractivity contribution in [2.45, 2.75) is 17.9 Å². The molecule has 2 aliphatic heterocycles. The van der Waals surface area contributed by atoms with Crippen molar-refractivity contribution in [3.8, 4) is 0 Å². The molecule has 0 aliphatic carbocycles. The van der Waals surface area contributed by atoms with Gasteiger partial charge in [-0.25, -0.2) is 4.90 Å². The van der Waals surface area contributed by atoms with E-state index in [4.69, 9.17) is 4.74 Å². The molecule has 1 fully saturated rings. The minimum absolute atomic E-state index is 0.306. The Balaban J connectivity index is 1.84. The quantitative estimate of drug-likeness (QED) is 0.690. The lowest BCUT2D eigenvalue weighted by atomic mass is 9.57. The van der Waals surface area contributed by atoms with Crippen molar-refractivity contribution in [1.29, 1.82) is 0 Å². The molecule has 4 nitrogen and oxygen atoms in total. The number of anilines is 1. The molecular formula is C24H19NO3. The molecule has 28 heavy (non-hydrogen) atoms. The largest absolute Gasteiger partial charge is 0.357 e. The van der Waals surface area contributed by atoms with Crippen molar-refractivity contribution in [2.75, 3.05) is 11.5 Å². The summed E-state index contributed by atoms with van der Waals surface area (Å²) >= 11 is 0. The standard InChI is InChI=1S/C24H19NO3/c1-17(26)25-21-15-9-8-14-20(21)24(22(25)27)23(16-28-24,18-10-4-2-5-11-18)19-12-6-3-7-13-19/h2-15H,16H2,1H3/t24-/m1/s1. The number of nitrogens with zero attached hydrogens (tertiary/aromatic N) is 1. The average molecular weight is 369 g/mol. The number of hydrogen-bond acceptors (Lipinski definition) is 3. The van der Waals surface area contributed by atoms with Crippen molar-refractivity contribution in [2.24, 2.45) is 0 Å².